The van der Waals surface area contributed by atoms with E-state index in [-0.39, 0.29) is 10.7 Å². The molecule has 1 N–H and O–H groups in total. The number of hydrogen-bond acceptors (Lipinski definition) is 2. The fraction of sp³-hybridized carbons (Fsp3) is 0.118. The van der Waals surface area contributed by atoms with Crippen molar-refractivity contribution in [1.82, 2.24) is 4.98 Å². The van der Waals surface area contributed by atoms with Crippen LogP contribution < -0.4 is 5.32 Å². The summed E-state index contributed by atoms with van der Waals surface area (Å²) >= 11 is 5.61. The van der Waals surface area contributed by atoms with Gasteiger partial charge in [0.15, 0.2) is 0 Å². The average Bonchev–Trinajstić information content (AvgIpc) is 2.48. The van der Waals surface area contributed by atoms with Crippen LogP contribution in [0.2, 0.25) is 5.02 Å². The largest absolute Gasteiger partial charge is 0.417 e. The lowest BCUT2D eigenvalue weighted by atomic mass is 10.1. The Morgan fingerprint density at radius 2 is 1.78 bits per heavy atom. The lowest BCUT2D eigenvalue weighted by Crippen LogP contribution is -2.06. The van der Waals surface area contributed by atoms with Crippen LogP contribution in [0.5, 0.6) is 0 Å². The Kier molecular flexibility index (Phi) is 3.90. The van der Waals surface area contributed by atoms with Gasteiger partial charge in [-0.3, -0.25) is 0 Å². The Balaban J connectivity index is 1.94. The van der Waals surface area contributed by atoms with Gasteiger partial charge in [-0.2, -0.15) is 13.2 Å². The molecule has 3 rings (SSSR count). The van der Waals surface area contributed by atoms with E-state index in [0.717, 1.165) is 22.5 Å². The standard InChI is InChI=1S/C17H12ClF3N2/c1-10-2-6-15-11(8-10)3-7-16(23-15)22-12-4-5-14(18)13(9-12)17(19,20)21/h2-9H,1H3,(H,22,23). The number of nitrogens with one attached hydrogen (secondary N) is 1. The van der Waals surface area contributed by atoms with Gasteiger partial charge in [0.2, 0.25) is 0 Å². The molecular formula is C17H12ClF3N2. The summed E-state index contributed by atoms with van der Waals surface area (Å²) in [4.78, 5) is 4.40. The molecule has 23 heavy (non-hydrogen) atoms. The molecule has 0 amide bonds. The molecule has 6 heteroatoms. The Labute approximate surface area is 135 Å². The fourth-order valence-electron chi connectivity index (χ4n) is 2.28. The predicted octanol–water partition coefficient (Wildman–Crippen LogP) is 5.96. The molecule has 0 aliphatic carbocycles. The molecule has 0 atom stereocenters. The van der Waals surface area contributed by atoms with E-state index in [1.165, 1.54) is 12.1 Å². The van der Waals surface area contributed by atoms with Crippen LogP contribution in [-0.2, 0) is 6.18 Å². The zero-order valence-corrected chi connectivity index (χ0v) is 12.8. The third kappa shape index (κ3) is 3.40. The van der Waals surface area contributed by atoms with Gasteiger partial charge in [0.05, 0.1) is 16.1 Å². The maximum Gasteiger partial charge on any atom is 0.417 e. The predicted molar refractivity (Wildman–Crippen MR) is 86.2 cm³/mol. The Hall–Kier alpha value is -2.27. The lowest BCUT2D eigenvalue weighted by molar-refractivity contribution is -0.137. The number of aromatic nitrogens is 1. The van der Waals surface area contributed by atoms with Gasteiger partial charge in [0, 0.05) is 11.1 Å². The molecule has 0 fully saturated rings. The first-order chi connectivity index (χ1) is 10.8. The maximum absolute atomic E-state index is 12.9. The minimum absolute atomic E-state index is 0.278. The van der Waals surface area contributed by atoms with Gasteiger partial charge < -0.3 is 5.32 Å². The van der Waals surface area contributed by atoms with E-state index in [1.807, 2.05) is 31.2 Å². The Morgan fingerprint density at radius 1 is 1.00 bits per heavy atom. The van der Waals surface area contributed by atoms with Crippen LogP contribution in [0.1, 0.15) is 11.1 Å². The highest BCUT2D eigenvalue weighted by Crippen LogP contribution is 2.36. The van der Waals surface area contributed by atoms with E-state index in [0.29, 0.717) is 5.82 Å². The highest BCUT2D eigenvalue weighted by atomic mass is 35.5. The number of fused-ring (bicyclic) bond motifs is 1. The molecule has 0 saturated heterocycles. The summed E-state index contributed by atoms with van der Waals surface area (Å²) in [6.45, 7) is 1.98. The van der Waals surface area contributed by atoms with Crippen molar-refractivity contribution in [3.8, 4) is 0 Å². The summed E-state index contributed by atoms with van der Waals surface area (Å²) in [5.41, 5.74) is 1.29. The van der Waals surface area contributed by atoms with Crippen molar-refractivity contribution in [2.24, 2.45) is 0 Å². The Morgan fingerprint density at radius 3 is 2.52 bits per heavy atom. The fourth-order valence-corrected chi connectivity index (χ4v) is 2.51. The number of hydrogen-bond donors (Lipinski definition) is 1. The van der Waals surface area contributed by atoms with Crippen LogP contribution in [0, 0.1) is 6.92 Å². The number of rotatable bonds is 2. The van der Waals surface area contributed by atoms with Gasteiger partial charge in [0.1, 0.15) is 5.82 Å². The first-order valence-corrected chi connectivity index (χ1v) is 7.22. The van der Waals surface area contributed by atoms with E-state index in [9.17, 15) is 13.2 Å². The van der Waals surface area contributed by atoms with E-state index in [1.54, 1.807) is 6.07 Å². The summed E-state index contributed by atoms with van der Waals surface area (Å²) in [7, 11) is 0. The number of benzene rings is 2. The van der Waals surface area contributed by atoms with Gasteiger partial charge in [-0.25, -0.2) is 4.98 Å². The molecule has 2 nitrogen and oxygen atoms in total. The van der Waals surface area contributed by atoms with E-state index in [4.69, 9.17) is 11.6 Å². The first-order valence-electron chi connectivity index (χ1n) is 6.84. The summed E-state index contributed by atoms with van der Waals surface area (Å²) in [5, 5.41) is 3.53. The van der Waals surface area contributed by atoms with Crippen molar-refractivity contribution in [3.63, 3.8) is 0 Å². The number of alkyl halides is 3. The van der Waals surface area contributed by atoms with Crippen LogP contribution >= 0.6 is 11.6 Å². The molecule has 0 spiro atoms. The molecular weight excluding hydrogens is 325 g/mol. The number of anilines is 2. The van der Waals surface area contributed by atoms with Gasteiger partial charge in [-0.1, -0.05) is 23.2 Å². The molecule has 0 unspecified atom stereocenters. The molecule has 1 heterocycles. The second kappa shape index (κ2) is 5.74. The van der Waals surface area contributed by atoms with Gasteiger partial charge in [-0.15, -0.1) is 0 Å². The Bertz CT molecular complexity index is 875. The maximum atomic E-state index is 12.9. The minimum Gasteiger partial charge on any atom is -0.340 e. The van der Waals surface area contributed by atoms with E-state index < -0.39 is 11.7 Å². The van der Waals surface area contributed by atoms with Crippen LogP contribution in [0.25, 0.3) is 10.9 Å². The zero-order valence-electron chi connectivity index (χ0n) is 12.1. The average molecular weight is 337 g/mol. The molecule has 0 aliphatic rings. The summed E-state index contributed by atoms with van der Waals surface area (Å²) in [6.07, 6.45) is -4.50. The van der Waals surface area contributed by atoms with Crippen LogP contribution in [-0.4, -0.2) is 4.98 Å². The zero-order chi connectivity index (χ0) is 16.6. The third-order valence-corrected chi connectivity index (χ3v) is 3.72. The van der Waals surface area contributed by atoms with Crippen molar-refractivity contribution < 1.29 is 13.2 Å². The number of pyridine rings is 1. The third-order valence-electron chi connectivity index (χ3n) is 3.39. The summed E-state index contributed by atoms with van der Waals surface area (Å²) < 4.78 is 38.7. The highest BCUT2D eigenvalue weighted by Gasteiger charge is 2.33. The van der Waals surface area contributed by atoms with Crippen molar-refractivity contribution in [3.05, 3.63) is 64.7 Å². The van der Waals surface area contributed by atoms with Crippen LogP contribution in [0.3, 0.4) is 0 Å². The van der Waals surface area contributed by atoms with E-state index in [2.05, 4.69) is 10.3 Å². The molecule has 0 aliphatic heterocycles. The van der Waals surface area contributed by atoms with Crippen molar-refractivity contribution >= 4 is 34.0 Å². The minimum atomic E-state index is -4.50. The second-order valence-corrected chi connectivity index (χ2v) is 5.62. The normalized spacial score (nSPS) is 11.7. The molecule has 2 aromatic carbocycles. The van der Waals surface area contributed by atoms with E-state index >= 15 is 0 Å². The van der Waals surface area contributed by atoms with Crippen LogP contribution in [0.4, 0.5) is 24.7 Å². The molecule has 0 bridgehead atoms. The first kappa shape index (κ1) is 15.6. The number of halogens is 4. The van der Waals surface area contributed by atoms with Crippen LogP contribution in [0.15, 0.2) is 48.5 Å². The SMILES string of the molecule is Cc1ccc2nc(Nc3ccc(Cl)c(C(F)(F)F)c3)ccc2c1. The second-order valence-electron chi connectivity index (χ2n) is 5.21. The summed E-state index contributed by atoms with van der Waals surface area (Å²) in [5.74, 6) is 0.469. The molecule has 0 radical (unpaired) electrons. The van der Waals surface area contributed by atoms with Crippen molar-refractivity contribution in [2.45, 2.75) is 13.1 Å². The van der Waals surface area contributed by atoms with Gasteiger partial charge >= 0.3 is 6.18 Å². The molecule has 1 aromatic heterocycles. The topological polar surface area (TPSA) is 24.9 Å². The van der Waals surface area contributed by atoms with Gasteiger partial charge in [0.25, 0.3) is 0 Å². The molecule has 0 saturated carbocycles. The van der Waals surface area contributed by atoms with Crippen molar-refractivity contribution in [1.29, 1.82) is 0 Å². The smallest absolute Gasteiger partial charge is 0.340 e. The lowest BCUT2D eigenvalue weighted by Gasteiger charge is -2.12. The number of nitrogens with zero attached hydrogens (tertiary/aromatic N) is 1. The monoisotopic (exact) mass is 336 g/mol. The molecule has 118 valence electrons. The van der Waals surface area contributed by atoms with Gasteiger partial charge in [-0.05, 0) is 49.4 Å². The highest BCUT2D eigenvalue weighted by molar-refractivity contribution is 6.31. The molecule has 3 aromatic rings. The van der Waals surface area contributed by atoms with Crippen molar-refractivity contribution in [2.75, 3.05) is 5.32 Å². The summed E-state index contributed by atoms with van der Waals surface area (Å²) in [6, 6.07) is 13.1. The number of aryl methyl sites for hydroxylation is 1. The quantitative estimate of drug-likeness (QED) is 0.624.